The molecule has 0 N–H and O–H groups in total. The number of carbonyl (C=O) groups excluding carboxylic acids is 1. The van der Waals surface area contributed by atoms with Crippen molar-refractivity contribution >= 4 is 5.97 Å². The Morgan fingerprint density at radius 3 is 2.18 bits per heavy atom. The summed E-state index contributed by atoms with van der Waals surface area (Å²) in [6, 6.07) is 9.61. The van der Waals surface area contributed by atoms with Crippen LogP contribution in [0.1, 0.15) is 39.5 Å². The van der Waals surface area contributed by atoms with Crippen LogP contribution >= 0.6 is 0 Å². The largest absolute Gasteiger partial charge is 0.493 e. The predicted octanol–water partition coefficient (Wildman–Crippen LogP) is 4.40. The molecule has 3 heteroatoms. The lowest BCUT2D eigenvalue weighted by molar-refractivity contribution is 0.0728. The van der Waals surface area contributed by atoms with E-state index in [-0.39, 0.29) is 5.97 Å². The van der Waals surface area contributed by atoms with Crippen LogP contribution in [-0.2, 0) is 6.42 Å². The zero-order chi connectivity index (χ0) is 16.3. The summed E-state index contributed by atoms with van der Waals surface area (Å²) in [5.74, 6) is 0.678. The Bertz CT molecular complexity index is 679. The maximum absolute atomic E-state index is 12.5. The number of rotatable bonds is 4. The van der Waals surface area contributed by atoms with Crippen LogP contribution in [0.4, 0.5) is 0 Å². The van der Waals surface area contributed by atoms with Crippen molar-refractivity contribution in [3.05, 3.63) is 58.1 Å². The highest BCUT2D eigenvalue weighted by atomic mass is 16.6. The van der Waals surface area contributed by atoms with E-state index >= 15 is 0 Å². The monoisotopic (exact) mass is 298 g/mol. The highest BCUT2D eigenvalue weighted by Gasteiger charge is 2.17. The van der Waals surface area contributed by atoms with E-state index < -0.39 is 0 Å². The molecule has 0 atom stereocenters. The Kier molecular flexibility index (Phi) is 4.86. The summed E-state index contributed by atoms with van der Waals surface area (Å²) in [5.41, 5.74) is 4.74. The number of ether oxygens (including phenoxy) is 2. The molecule has 0 spiro atoms. The van der Waals surface area contributed by atoms with Crippen molar-refractivity contribution in [2.24, 2.45) is 0 Å². The van der Waals surface area contributed by atoms with Crippen LogP contribution < -0.4 is 9.47 Å². The molecule has 2 rings (SSSR count). The molecular formula is C19H22O3. The average Bonchev–Trinajstić information content (AvgIpc) is 2.46. The van der Waals surface area contributed by atoms with Crippen LogP contribution in [0.5, 0.6) is 11.5 Å². The number of carbonyl (C=O) groups is 1. The van der Waals surface area contributed by atoms with Crippen molar-refractivity contribution < 1.29 is 14.3 Å². The number of esters is 1. The molecule has 3 nitrogen and oxygen atoms in total. The average molecular weight is 298 g/mol. The van der Waals surface area contributed by atoms with E-state index in [0.29, 0.717) is 17.1 Å². The standard InChI is InChI=1S/C19H22O3/c1-6-15-7-8-16(17(11-15)21-5)22-19(20)18-13(3)9-12(2)10-14(18)4/h7-11H,6H2,1-5H3. The topological polar surface area (TPSA) is 35.5 Å². The van der Waals surface area contributed by atoms with E-state index in [2.05, 4.69) is 6.92 Å². The first kappa shape index (κ1) is 16.1. The molecular weight excluding hydrogens is 276 g/mol. The fraction of sp³-hybridized carbons (Fsp3) is 0.316. The smallest absolute Gasteiger partial charge is 0.344 e. The molecule has 0 heterocycles. The number of hydrogen-bond acceptors (Lipinski definition) is 3. The van der Waals surface area contributed by atoms with E-state index in [4.69, 9.17) is 9.47 Å². The first-order valence-corrected chi connectivity index (χ1v) is 7.43. The van der Waals surface area contributed by atoms with E-state index in [1.54, 1.807) is 13.2 Å². The lowest BCUT2D eigenvalue weighted by Gasteiger charge is -2.13. The molecule has 0 aliphatic rings. The molecule has 0 aromatic heterocycles. The fourth-order valence-electron chi connectivity index (χ4n) is 2.67. The first-order valence-electron chi connectivity index (χ1n) is 7.43. The van der Waals surface area contributed by atoms with Crippen LogP contribution in [0.15, 0.2) is 30.3 Å². The quantitative estimate of drug-likeness (QED) is 0.620. The molecule has 0 saturated heterocycles. The zero-order valence-electron chi connectivity index (χ0n) is 13.8. The van der Waals surface area contributed by atoms with Gasteiger partial charge in [0.05, 0.1) is 12.7 Å². The lowest BCUT2D eigenvalue weighted by Crippen LogP contribution is -2.13. The summed E-state index contributed by atoms with van der Waals surface area (Å²) < 4.78 is 10.9. The van der Waals surface area contributed by atoms with Crippen LogP contribution in [0, 0.1) is 20.8 Å². The van der Waals surface area contributed by atoms with Gasteiger partial charge in [0.1, 0.15) is 0 Å². The number of benzene rings is 2. The van der Waals surface area contributed by atoms with Gasteiger partial charge in [0, 0.05) is 0 Å². The Morgan fingerprint density at radius 1 is 1.00 bits per heavy atom. The summed E-state index contributed by atoms with van der Waals surface area (Å²) in [6.45, 7) is 7.93. The van der Waals surface area contributed by atoms with E-state index in [1.165, 1.54) is 0 Å². The molecule has 0 aliphatic heterocycles. The van der Waals surface area contributed by atoms with Gasteiger partial charge in [-0.15, -0.1) is 0 Å². The molecule has 0 saturated carbocycles. The summed E-state index contributed by atoms with van der Waals surface area (Å²) in [7, 11) is 1.58. The highest BCUT2D eigenvalue weighted by molar-refractivity contribution is 5.94. The van der Waals surface area contributed by atoms with Gasteiger partial charge in [-0.1, -0.05) is 30.7 Å². The Hall–Kier alpha value is -2.29. The molecule has 0 bridgehead atoms. The Morgan fingerprint density at radius 2 is 1.64 bits per heavy atom. The van der Waals surface area contributed by atoms with Gasteiger partial charge in [-0.2, -0.15) is 0 Å². The predicted molar refractivity (Wildman–Crippen MR) is 88.0 cm³/mol. The maximum Gasteiger partial charge on any atom is 0.344 e. The van der Waals surface area contributed by atoms with Gasteiger partial charge in [0.15, 0.2) is 11.5 Å². The van der Waals surface area contributed by atoms with Crippen molar-refractivity contribution in [2.75, 3.05) is 7.11 Å². The number of hydrogen-bond donors (Lipinski definition) is 0. The van der Waals surface area contributed by atoms with Crippen molar-refractivity contribution in [1.82, 2.24) is 0 Å². The minimum Gasteiger partial charge on any atom is -0.493 e. The van der Waals surface area contributed by atoms with Crippen LogP contribution in [0.2, 0.25) is 0 Å². The third-order valence-corrected chi connectivity index (χ3v) is 3.72. The molecule has 0 fully saturated rings. The van der Waals surface area contributed by atoms with Crippen molar-refractivity contribution in [3.8, 4) is 11.5 Å². The minimum atomic E-state index is -0.349. The maximum atomic E-state index is 12.5. The molecule has 0 radical (unpaired) electrons. The van der Waals surface area contributed by atoms with Gasteiger partial charge in [-0.25, -0.2) is 4.79 Å². The van der Waals surface area contributed by atoms with E-state index in [1.807, 2.05) is 45.0 Å². The minimum absolute atomic E-state index is 0.349. The highest BCUT2D eigenvalue weighted by Crippen LogP contribution is 2.29. The number of aryl methyl sites for hydroxylation is 4. The van der Waals surface area contributed by atoms with Crippen molar-refractivity contribution in [3.63, 3.8) is 0 Å². The van der Waals surface area contributed by atoms with Gasteiger partial charge in [-0.05, 0) is 56.0 Å². The normalized spacial score (nSPS) is 10.4. The zero-order valence-corrected chi connectivity index (χ0v) is 13.8. The van der Waals surface area contributed by atoms with Gasteiger partial charge in [0.25, 0.3) is 0 Å². The fourth-order valence-corrected chi connectivity index (χ4v) is 2.67. The summed E-state index contributed by atoms with van der Waals surface area (Å²) >= 11 is 0. The molecule has 116 valence electrons. The van der Waals surface area contributed by atoms with Crippen LogP contribution in [0.25, 0.3) is 0 Å². The summed E-state index contributed by atoms with van der Waals surface area (Å²) in [5, 5.41) is 0. The number of methoxy groups -OCH3 is 1. The van der Waals surface area contributed by atoms with Gasteiger partial charge in [-0.3, -0.25) is 0 Å². The lowest BCUT2D eigenvalue weighted by atomic mass is 10.00. The first-order chi connectivity index (χ1) is 10.5. The molecule has 0 aliphatic carbocycles. The Balaban J connectivity index is 2.34. The second-order valence-electron chi connectivity index (χ2n) is 5.50. The second-order valence-corrected chi connectivity index (χ2v) is 5.50. The molecule has 0 unspecified atom stereocenters. The van der Waals surface area contributed by atoms with Gasteiger partial charge >= 0.3 is 5.97 Å². The van der Waals surface area contributed by atoms with Gasteiger partial charge < -0.3 is 9.47 Å². The van der Waals surface area contributed by atoms with E-state index in [9.17, 15) is 4.79 Å². The van der Waals surface area contributed by atoms with Gasteiger partial charge in [0.2, 0.25) is 0 Å². The van der Waals surface area contributed by atoms with Crippen molar-refractivity contribution in [1.29, 1.82) is 0 Å². The third-order valence-electron chi connectivity index (χ3n) is 3.72. The van der Waals surface area contributed by atoms with Crippen LogP contribution in [0.3, 0.4) is 0 Å². The molecule has 2 aromatic carbocycles. The summed E-state index contributed by atoms with van der Waals surface area (Å²) in [4.78, 5) is 12.5. The third kappa shape index (κ3) is 3.30. The summed E-state index contributed by atoms with van der Waals surface area (Å²) in [6.07, 6.45) is 0.904. The van der Waals surface area contributed by atoms with Crippen molar-refractivity contribution in [2.45, 2.75) is 34.1 Å². The second kappa shape index (κ2) is 6.65. The Labute approximate surface area is 131 Å². The molecule has 2 aromatic rings. The molecule has 22 heavy (non-hydrogen) atoms. The van der Waals surface area contributed by atoms with E-state index in [0.717, 1.165) is 28.7 Å². The molecule has 0 amide bonds. The van der Waals surface area contributed by atoms with Crippen LogP contribution in [-0.4, -0.2) is 13.1 Å². The SMILES string of the molecule is CCc1ccc(OC(=O)c2c(C)cc(C)cc2C)c(OC)c1.